The molecule has 0 spiro atoms. The Labute approximate surface area is 115 Å². The van der Waals surface area contributed by atoms with Crippen LogP contribution >= 0.6 is 0 Å². The summed E-state index contributed by atoms with van der Waals surface area (Å²) in [5.74, 6) is -0.276. The summed E-state index contributed by atoms with van der Waals surface area (Å²) < 4.78 is 5.33. The van der Waals surface area contributed by atoms with E-state index in [9.17, 15) is 15.0 Å². The fraction of sp³-hybridized carbons (Fsp3) is 0.800. The molecular weight excluding hydrogens is 244 g/mol. The summed E-state index contributed by atoms with van der Waals surface area (Å²) in [5.41, 5.74) is 0. The molecular formula is C15H26O4. The number of esters is 1. The number of hydrogen-bond donors (Lipinski definition) is 2. The van der Waals surface area contributed by atoms with E-state index in [0.717, 1.165) is 25.7 Å². The zero-order chi connectivity index (χ0) is 14.1. The van der Waals surface area contributed by atoms with Gasteiger partial charge < -0.3 is 14.9 Å². The van der Waals surface area contributed by atoms with Crippen LogP contribution in [0.2, 0.25) is 0 Å². The maximum Gasteiger partial charge on any atom is 0.306 e. The zero-order valence-electron chi connectivity index (χ0n) is 11.8. The quantitative estimate of drug-likeness (QED) is 0.457. The highest BCUT2D eigenvalue weighted by atomic mass is 16.6. The van der Waals surface area contributed by atoms with E-state index in [1.54, 1.807) is 12.2 Å². The van der Waals surface area contributed by atoms with E-state index < -0.39 is 18.3 Å². The highest BCUT2D eigenvalue weighted by molar-refractivity contribution is 5.69. The maximum atomic E-state index is 11.6. The monoisotopic (exact) mass is 270 g/mol. The minimum atomic E-state index is -0.821. The smallest absolute Gasteiger partial charge is 0.306 e. The lowest BCUT2D eigenvalue weighted by atomic mass is 10.0. The summed E-state index contributed by atoms with van der Waals surface area (Å²) >= 11 is 0. The van der Waals surface area contributed by atoms with E-state index in [2.05, 4.69) is 6.92 Å². The topological polar surface area (TPSA) is 66.8 Å². The van der Waals surface area contributed by atoms with Crippen LogP contribution in [0.1, 0.15) is 58.3 Å². The molecule has 0 aromatic carbocycles. The summed E-state index contributed by atoms with van der Waals surface area (Å²) in [7, 11) is 0. The van der Waals surface area contributed by atoms with Crippen LogP contribution in [-0.2, 0) is 9.53 Å². The highest BCUT2D eigenvalue weighted by Gasteiger charge is 2.22. The molecule has 0 aliphatic carbocycles. The van der Waals surface area contributed by atoms with Crippen molar-refractivity contribution in [2.45, 2.75) is 76.6 Å². The van der Waals surface area contributed by atoms with Crippen LogP contribution in [0.15, 0.2) is 12.2 Å². The molecule has 2 N–H and O–H groups in total. The Hall–Kier alpha value is -0.870. The standard InChI is InChI=1S/C15H26O4/c1-2-3-4-5-8-14-13(17)11-10-12(16)7-6-9-15(18)19-14/h10-14,16-17H,2-9H2,1H3/b11-10-. The van der Waals surface area contributed by atoms with E-state index >= 15 is 0 Å². The van der Waals surface area contributed by atoms with E-state index in [1.807, 2.05) is 0 Å². The number of unbranched alkanes of at least 4 members (excludes halogenated alkanes) is 3. The van der Waals surface area contributed by atoms with Gasteiger partial charge in [0.15, 0.2) is 0 Å². The first-order valence-corrected chi connectivity index (χ1v) is 7.37. The van der Waals surface area contributed by atoms with E-state index in [0.29, 0.717) is 25.7 Å². The van der Waals surface area contributed by atoms with Gasteiger partial charge in [-0.3, -0.25) is 4.79 Å². The van der Waals surface area contributed by atoms with Crippen LogP contribution in [0, 0.1) is 0 Å². The van der Waals surface area contributed by atoms with Gasteiger partial charge in [0.1, 0.15) is 12.2 Å². The van der Waals surface area contributed by atoms with Crippen molar-refractivity contribution in [1.82, 2.24) is 0 Å². The highest BCUT2D eigenvalue weighted by Crippen LogP contribution is 2.16. The number of cyclic esters (lactones) is 1. The van der Waals surface area contributed by atoms with E-state index in [1.165, 1.54) is 0 Å². The van der Waals surface area contributed by atoms with Crippen molar-refractivity contribution in [3.8, 4) is 0 Å². The third-order valence-corrected chi connectivity index (χ3v) is 3.42. The molecule has 0 fully saturated rings. The Balaban J connectivity index is 2.54. The Morgan fingerprint density at radius 1 is 1.26 bits per heavy atom. The zero-order valence-corrected chi connectivity index (χ0v) is 11.8. The normalized spacial score (nSPS) is 30.7. The lowest BCUT2D eigenvalue weighted by molar-refractivity contribution is -0.154. The van der Waals surface area contributed by atoms with Crippen LogP contribution < -0.4 is 0 Å². The Morgan fingerprint density at radius 2 is 2.05 bits per heavy atom. The summed E-state index contributed by atoms with van der Waals surface area (Å²) in [6.45, 7) is 2.14. The summed E-state index contributed by atoms with van der Waals surface area (Å²) in [6.07, 6.45) is 7.73. The molecule has 3 atom stereocenters. The fourth-order valence-electron chi connectivity index (χ4n) is 2.22. The van der Waals surface area contributed by atoms with Crippen LogP contribution in [0.3, 0.4) is 0 Å². The van der Waals surface area contributed by atoms with Crippen LogP contribution in [-0.4, -0.2) is 34.5 Å². The molecule has 0 amide bonds. The molecule has 4 nitrogen and oxygen atoms in total. The molecule has 19 heavy (non-hydrogen) atoms. The first kappa shape index (κ1) is 16.2. The fourth-order valence-corrected chi connectivity index (χ4v) is 2.22. The SMILES string of the molecule is CCCCCCC1OC(=O)CCCC(O)/C=C\C1O. The minimum Gasteiger partial charge on any atom is -0.459 e. The van der Waals surface area contributed by atoms with Crippen LogP contribution in [0.5, 0.6) is 0 Å². The van der Waals surface area contributed by atoms with Gasteiger partial charge in [0.05, 0.1) is 6.10 Å². The molecule has 0 aromatic rings. The van der Waals surface area contributed by atoms with E-state index in [-0.39, 0.29) is 5.97 Å². The van der Waals surface area contributed by atoms with Crippen LogP contribution in [0.4, 0.5) is 0 Å². The number of ether oxygens (including phenoxy) is 1. The van der Waals surface area contributed by atoms with Gasteiger partial charge in [-0.15, -0.1) is 0 Å². The van der Waals surface area contributed by atoms with Crippen molar-refractivity contribution < 1.29 is 19.7 Å². The summed E-state index contributed by atoms with van der Waals surface area (Å²) in [6, 6.07) is 0. The molecule has 0 saturated carbocycles. The number of carbonyl (C=O) groups excluding carboxylic acids is 1. The van der Waals surface area contributed by atoms with Crippen molar-refractivity contribution in [2.75, 3.05) is 0 Å². The summed E-state index contributed by atoms with van der Waals surface area (Å²) in [4.78, 5) is 11.6. The first-order valence-electron chi connectivity index (χ1n) is 7.37. The molecule has 0 aromatic heterocycles. The van der Waals surface area contributed by atoms with E-state index in [4.69, 9.17) is 4.74 Å². The lowest BCUT2D eigenvalue weighted by Crippen LogP contribution is -2.31. The van der Waals surface area contributed by atoms with Crippen molar-refractivity contribution in [3.63, 3.8) is 0 Å². The van der Waals surface area contributed by atoms with Gasteiger partial charge in [-0.25, -0.2) is 0 Å². The Bertz CT molecular complexity index is 288. The third kappa shape index (κ3) is 6.73. The molecule has 0 bridgehead atoms. The second-order valence-electron chi connectivity index (χ2n) is 5.21. The molecule has 1 rings (SSSR count). The molecule has 110 valence electrons. The number of aliphatic hydroxyl groups excluding tert-OH is 2. The second-order valence-corrected chi connectivity index (χ2v) is 5.21. The van der Waals surface area contributed by atoms with Gasteiger partial charge in [0.2, 0.25) is 0 Å². The van der Waals surface area contributed by atoms with Crippen LogP contribution in [0.25, 0.3) is 0 Å². The molecule has 1 aliphatic rings. The predicted octanol–water partition coefficient (Wildman–Crippen LogP) is 2.33. The largest absolute Gasteiger partial charge is 0.459 e. The molecule has 1 heterocycles. The molecule has 0 radical (unpaired) electrons. The average molecular weight is 270 g/mol. The molecule has 0 saturated heterocycles. The third-order valence-electron chi connectivity index (χ3n) is 3.42. The van der Waals surface area contributed by atoms with Gasteiger partial charge in [-0.1, -0.05) is 38.3 Å². The number of hydrogen-bond acceptors (Lipinski definition) is 4. The minimum absolute atomic E-state index is 0.276. The summed E-state index contributed by atoms with van der Waals surface area (Å²) in [5, 5.41) is 19.6. The maximum absolute atomic E-state index is 11.6. The predicted molar refractivity (Wildman–Crippen MR) is 73.6 cm³/mol. The lowest BCUT2D eigenvalue weighted by Gasteiger charge is -2.22. The first-order chi connectivity index (χ1) is 9.13. The van der Waals surface area contributed by atoms with Gasteiger partial charge in [0.25, 0.3) is 0 Å². The molecule has 3 unspecified atom stereocenters. The van der Waals surface area contributed by atoms with Crippen molar-refractivity contribution >= 4 is 5.97 Å². The Morgan fingerprint density at radius 3 is 2.79 bits per heavy atom. The Kier molecular flexibility index (Phi) is 7.75. The van der Waals surface area contributed by atoms with Gasteiger partial charge in [-0.05, 0) is 25.7 Å². The van der Waals surface area contributed by atoms with Gasteiger partial charge >= 0.3 is 5.97 Å². The van der Waals surface area contributed by atoms with Gasteiger partial charge in [-0.2, -0.15) is 0 Å². The number of aliphatic hydroxyl groups is 2. The average Bonchev–Trinajstić information content (AvgIpc) is 2.39. The molecule has 4 heteroatoms. The van der Waals surface area contributed by atoms with Crippen molar-refractivity contribution in [3.05, 3.63) is 12.2 Å². The van der Waals surface area contributed by atoms with Crippen molar-refractivity contribution in [1.29, 1.82) is 0 Å². The number of rotatable bonds is 5. The number of carbonyl (C=O) groups is 1. The molecule has 1 aliphatic heterocycles. The van der Waals surface area contributed by atoms with Crippen molar-refractivity contribution in [2.24, 2.45) is 0 Å². The van der Waals surface area contributed by atoms with Gasteiger partial charge in [0, 0.05) is 6.42 Å². The second kappa shape index (κ2) is 9.10.